The maximum atomic E-state index is 12.2. The normalized spacial score (nSPS) is 11.7. The van der Waals surface area contributed by atoms with Crippen LogP contribution in [0.5, 0.6) is 5.75 Å². The lowest BCUT2D eigenvalue weighted by Gasteiger charge is -2.19. The summed E-state index contributed by atoms with van der Waals surface area (Å²) in [4.78, 5) is 12.2. The molecule has 7 nitrogen and oxygen atoms in total. The van der Waals surface area contributed by atoms with Crippen molar-refractivity contribution >= 4 is 23.9 Å². The summed E-state index contributed by atoms with van der Waals surface area (Å²) in [5.74, 6) is 1.51. The second kappa shape index (κ2) is 10.5. The minimum Gasteiger partial charge on any atom is -0.497 e. The minimum atomic E-state index is -0.212. The molecular weight excluding hydrogens is 422 g/mol. The van der Waals surface area contributed by atoms with Crippen LogP contribution in [0.3, 0.4) is 0 Å². The highest BCUT2D eigenvalue weighted by Crippen LogP contribution is 2.27. The number of benzene rings is 2. The van der Waals surface area contributed by atoms with E-state index in [2.05, 4.69) is 65.8 Å². The van der Waals surface area contributed by atoms with E-state index in [4.69, 9.17) is 4.74 Å². The molecule has 0 radical (unpaired) electrons. The number of nitrogens with one attached hydrogen (secondary N) is 1. The molecule has 1 aromatic heterocycles. The molecule has 3 rings (SSSR count). The predicted molar refractivity (Wildman–Crippen MR) is 129 cm³/mol. The van der Waals surface area contributed by atoms with Gasteiger partial charge in [0, 0.05) is 12.1 Å². The number of hydrogen-bond donors (Lipinski definition) is 1. The molecule has 0 unspecified atom stereocenters. The highest BCUT2D eigenvalue weighted by atomic mass is 32.2. The number of ether oxygens (including phenoxy) is 1. The van der Waals surface area contributed by atoms with Crippen LogP contribution in [-0.2, 0) is 16.8 Å². The van der Waals surface area contributed by atoms with Crippen LogP contribution in [0.1, 0.15) is 38.8 Å². The predicted octanol–water partition coefficient (Wildman–Crippen LogP) is 4.51. The van der Waals surface area contributed by atoms with E-state index in [1.54, 1.807) is 13.3 Å². The van der Waals surface area contributed by atoms with Gasteiger partial charge in [-0.3, -0.25) is 4.79 Å². The fourth-order valence-electron chi connectivity index (χ4n) is 3.08. The van der Waals surface area contributed by atoms with Gasteiger partial charge >= 0.3 is 0 Å². The first-order chi connectivity index (χ1) is 15.3. The third-order valence-corrected chi connectivity index (χ3v) is 5.84. The summed E-state index contributed by atoms with van der Waals surface area (Å²) in [5.41, 5.74) is 5.76. The maximum absolute atomic E-state index is 12.2. The zero-order chi connectivity index (χ0) is 23.1. The summed E-state index contributed by atoms with van der Waals surface area (Å²) in [7, 11) is 1.61. The highest BCUT2D eigenvalue weighted by molar-refractivity contribution is 7.99. The van der Waals surface area contributed by atoms with E-state index in [-0.39, 0.29) is 17.1 Å². The molecule has 0 aliphatic carbocycles. The van der Waals surface area contributed by atoms with Crippen LogP contribution < -0.4 is 10.2 Å². The standard InChI is InChI=1S/C24H29N5O2S/c1-6-29-22(18-10-12-19(13-11-18)24(2,3)4)27-28-23(29)32-16-21(30)26-25-15-17-8-7-9-20(14-17)31-5/h7-15H,6,16H2,1-5H3,(H,26,30). The zero-order valence-corrected chi connectivity index (χ0v) is 19.9. The summed E-state index contributed by atoms with van der Waals surface area (Å²) in [6.45, 7) is 9.32. The summed E-state index contributed by atoms with van der Waals surface area (Å²) in [6.07, 6.45) is 1.58. The highest BCUT2D eigenvalue weighted by Gasteiger charge is 2.17. The van der Waals surface area contributed by atoms with E-state index in [1.807, 2.05) is 35.8 Å². The van der Waals surface area contributed by atoms with Crippen molar-refractivity contribution in [2.24, 2.45) is 5.10 Å². The Bertz CT molecular complexity index is 1080. The van der Waals surface area contributed by atoms with Gasteiger partial charge in [0.1, 0.15) is 5.75 Å². The van der Waals surface area contributed by atoms with E-state index in [9.17, 15) is 4.79 Å². The second-order valence-electron chi connectivity index (χ2n) is 8.24. The molecule has 1 N–H and O–H groups in total. The molecule has 2 aromatic carbocycles. The number of hydrazone groups is 1. The first-order valence-electron chi connectivity index (χ1n) is 10.4. The number of hydrogen-bond acceptors (Lipinski definition) is 6. The number of methoxy groups -OCH3 is 1. The summed E-state index contributed by atoms with van der Waals surface area (Å²) < 4.78 is 7.20. The lowest BCUT2D eigenvalue weighted by molar-refractivity contribution is -0.118. The van der Waals surface area contributed by atoms with Gasteiger partial charge in [0.05, 0.1) is 19.1 Å². The summed E-state index contributed by atoms with van der Waals surface area (Å²) >= 11 is 1.34. The Morgan fingerprint density at radius 2 is 1.94 bits per heavy atom. The average molecular weight is 452 g/mol. The first-order valence-corrected chi connectivity index (χ1v) is 11.4. The topological polar surface area (TPSA) is 81.4 Å². The number of amides is 1. The fraction of sp³-hybridized carbons (Fsp3) is 0.333. The van der Waals surface area contributed by atoms with Crippen LogP contribution in [0, 0.1) is 0 Å². The Labute approximate surface area is 193 Å². The van der Waals surface area contributed by atoms with Gasteiger partial charge in [0.15, 0.2) is 11.0 Å². The quantitative estimate of drug-likeness (QED) is 0.309. The van der Waals surface area contributed by atoms with Gasteiger partial charge in [-0.05, 0) is 35.6 Å². The van der Waals surface area contributed by atoms with Crippen molar-refractivity contribution in [3.63, 3.8) is 0 Å². The number of carbonyl (C=O) groups is 1. The fourth-order valence-corrected chi connectivity index (χ4v) is 3.87. The molecule has 0 aliphatic rings. The molecule has 32 heavy (non-hydrogen) atoms. The molecule has 0 saturated heterocycles. The molecule has 1 amide bonds. The number of rotatable bonds is 8. The first kappa shape index (κ1) is 23.5. The van der Waals surface area contributed by atoms with Crippen molar-refractivity contribution < 1.29 is 9.53 Å². The molecule has 0 saturated carbocycles. The molecule has 0 aliphatic heterocycles. The Morgan fingerprint density at radius 3 is 2.59 bits per heavy atom. The van der Waals surface area contributed by atoms with E-state index in [1.165, 1.54) is 17.3 Å². The largest absolute Gasteiger partial charge is 0.497 e. The zero-order valence-electron chi connectivity index (χ0n) is 19.1. The third kappa shape index (κ3) is 5.97. The molecule has 8 heteroatoms. The van der Waals surface area contributed by atoms with Crippen LogP contribution in [0.25, 0.3) is 11.4 Å². The maximum Gasteiger partial charge on any atom is 0.250 e. The molecule has 3 aromatic rings. The molecule has 0 spiro atoms. The van der Waals surface area contributed by atoms with Crippen molar-refractivity contribution in [3.8, 4) is 17.1 Å². The Kier molecular flexibility index (Phi) is 7.69. The molecular formula is C24H29N5O2S. The van der Waals surface area contributed by atoms with E-state index < -0.39 is 0 Å². The van der Waals surface area contributed by atoms with Crippen LogP contribution >= 0.6 is 11.8 Å². The van der Waals surface area contributed by atoms with Crippen LogP contribution in [0.15, 0.2) is 58.8 Å². The number of aromatic nitrogens is 3. The SMILES string of the molecule is CCn1c(SCC(=O)NN=Cc2cccc(OC)c2)nnc1-c1ccc(C(C)(C)C)cc1. The smallest absolute Gasteiger partial charge is 0.250 e. The van der Waals surface area contributed by atoms with Gasteiger partial charge in [0.25, 0.3) is 5.91 Å². The van der Waals surface area contributed by atoms with E-state index >= 15 is 0 Å². The van der Waals surface area contributed by atoms with E-state index in [0.29, 0.717) is 11.7 Å². The van der Waals surface area contributed by atoms with E-state index in [0.717, 1.165) is 22.7 Å². The van der Waals surface area contributed by atoms with Crippen molar-refractivity contribution in [1.29, 1.82) is 0 Å². The van der Waals surface area contributed by atoms with Gasteiger partial charge < -0.3 is 9.30 Å². The van der Waals surface area contributed by atoms with Crippen molar-refractivity contribution in [2.75, 3.05) is 12.9 Å². The monoisotopic (exact) mass is 451 g/mol. The van der Waals surface area contributed by atoms with Crippen LogP contribution in [0.4, 0.5) is 0 Å². The molecule has 168 valence electrons. The summed E-state index contributed by atoms with van der Waals surface area (Å²) in [6, 6.07) is 15.8. The molecule has 0 fully saturated rings. The van der Waals surface area contributed by atoms with Crippen molar-refractivity contribution in [3.05, 3.63) is 59.7 Å². The van der Waals surface area contributed by atoms with Crippen molar-refractivity contribution in [2.45, 2.75) is 44.8 Å². The van der Waals surface area contributed by atoms with Gasteiger partial charge in [-0.25, -0.2) is 5.43 Å². The van der Waals surface area contributed by atoms with Gasteiger partial charge in [-0.2, -0.15) is 5.10 Å². The summed E-state index contributed by atoms with van der Waals surface area (Å²) in [5, 5.41) is 13.4. The Balaban J connectivity index is 1.61. The van der Waals surface area contributed by atoms with Gasteiger partial charge in [0.2, 0.25) is 0 Å². The molecule has 0 atom stereocenters. The van der Waals surface area contributed by atoms with Crippen LogP contribution in [-0.4, -0.2) is 39.7 Å². The molecule has 1 heterocycles. The minimum absolute atomic E-state index is 0.0976. The van der Waals surface area contributed by atoms with Gasteiger partial charge in [-0.1, -0.05) is 68.9 Å². The number of nitrogens with zero attached hydrogens (tertiary/aromatic N) is 4. The average Bonchev–Trinajstić information content (AvgIpc) is 3.20. The number of thioether (sulfide) groups is 1. The van der Waals surface area contributed by atoms with Crippen molar-refractivity contribution in [1.82, 2.24) is 20.2 Å². The lowest BCUT2D eigenvalue weighted by Crippen LogP contribution is -2.20. The number of carbonyl (C=O) groups excluding carboxylic acids is 1. The lowest BCUT2D eigenvalue weighted by atomic mass is 9.87. The third-order valence-electron chi connectivity index (χ3n) is 4.87. The van der Waals surface area contributed by atoms with Gasteiger partial charge in [-0.15, -0.1) is 10.2 Å². The molecule has 0 bridgehead atoms. The second-order valence-corrected chi connectivity index (χ2v) is 9.18. The Hall–Kier alpha value is -3.13. The Morgan fingerprint density at radius 1 is 1.19 bits per heavy atom. The van der Waals surface area contributed by atoms with Crippen LogP contribution in [0.2, 0.25) is 0 Å².